The third kappa shape index (κ3) is 10.6. The Morgan fingerprint density at radius 1 is 0.550 bits per heavy atom. The lowest BCUT2D eigenvalue weighted by molar-refractivity contribution is 0.180. The van der Waals surface area contributed by atoms with Crippen LogP contribution in [0.3, 0.4) is 0 Å². The van der Waals surface area contributed by atoms with Gasteiger partial charge in [0, 0.05) is 50.3 Å². The van der Waals surface area contributed by atoms with Gasteiger partial charge in [-0.3, -0.25) is 9.80 Å². The van der Waals surface area contributed by atoms with E-state index < -0.39 is 0 Å². The smallest absolute Gasteiger partial charge is 0.0110 e. The standard InChI is InChI=1S/2C8H20N2/c2*1-7(2)10(6-5-9)8(3)4/h2*7-8H,5-6,9H2,1-4H3. The lowest BCUT2D eigenvalue weighted by atomic mass is 10.2. The summed E-state index contributed by atoms with van der Waals surface area (Å²) < 4.78 is 0. The van der Waals surface area contributed by atoms with Crippen LogP contribution in [0.25, 0.3) is 0 Å². The van der Waals surface area contributed by atoms with Crippen molar-refractivity contribution in [3.63, 3.8) is 0 Å². The molecule has 0 fully saturated rings. The van der Waals surface area contributed by atoms with Gasteiger partial charge in [0.1, 0.15) is 0 Å². The van der Waals surface area contributed by atoms with Crippen LogP contribution < -0.4 is 11.5 Å². The van der Waals surface area contributed by atoms with E-state index in [0.717, 1.165) is 26.2 Å². The minimum absolute atomic E-state index is 0.614. The van der Waals surface area contributed by atoms with Gasteiger partial charge in [0.2, 0.25) is 0 Å². The van der Waals surface area contributed by atoms with E-state index >= 15 is 0 Å². The van der Waals surface area contributed by atoms with Gasteiger partial charge in [-0.1, -0.05) is 0 Å². The predicted molar refractivity (Wildman–Crippen MR) is 92.1 cm³/mol. The molecular weight excluding hydrogens is 248 g/mol. The van der Waals surface area contributed by atoms with E-state index in [-0.39, 0.29) is 0 Å². The molecule has 0 aliphatic heterocycles. The van der Waals surface area contributed by atoms with Crippen LogP contribution >= 0.6 is 0 Å². The van der Waals surface area contributed by atoms with Crippen LogP contribution in [0.2, 0.25) is 0 Å². The van der Waals surface area contributed by atoms with Crippen molar-refractivity contribution in [1.29, 1.82) is 0 Å². The van der Waals surface area contributed by atoms with Crippen molar-refractivity contribution in [2.45, 2.75) is 79.6 Å². The summed E-state index contributed by atoms with van der Waals surface area (Å²) in [4.78, 5) is 4.78. The van der Waals surface area contributed by atoms with Gasteiger partial charge in [-0.05, 0) is 55.4 Å². The molecule has 4 heteroatoms. The molecule has 0 saturated heterocycles. The first-order valence-corrected chi connectivity index (χ1v) is 8.10. The van der Waals surface area contributed by atoms with E-state index in [1.54, 1.807) is 0 Å². The Kier molecular flexibility index (Phi) is 13.9. The monoisotopic (exact) mass is 288 g/mol. The Labute approximate surface area is 127 Å². The van der Waals surface area contributed by atoms with E-state index in [1.807, 2.05) is 0 Å². The summed E-state index contributed by atoms with van der Waals surface area (Å²) in [7, 11) is 0. The Morgan fingerprint density at radius 3 is 0.800 bits per heavy atom. The zero-order valence-electron chi connectivity index (χ0n) is 15.2. The number of nitrogens with zero attached hydrogens (tertiary/aromatic N) is 2. The number of hydrogen-bond acceptors (Lipinski definition) is 4. The molecule has 124 valence electrons. The summed E-state index contributed by atoms with van der Waals surface area (Å²) in [6.07, 6.45) is 0. The topological polar surface area (TPSA) is 58.5 Å². The minimum Gasteiger partial charge on any atom is -0.329 e. The van der Waals surface area contributed by atoms with Gasteiger partial charge in [0.15, 0.2) is 0 Å². The first-order chi connectivity index (χ1) is 9.18. The minimum atomic E-state index is 0.614. The lowest BCUT2D eigenvalue weighted by Gasteiger charge is -2.29. The molecule has 0 aromatic heterocycles. The zero-order valence-corrected chi connectivity index (χ0v) is 15.2. The van der Waals surface area contributed by atoms with E-state index in [0.29, 0.717) is 24.2 Å². The first kappa shape index (κ1) is 22.1. The van der Waals surface area contributed by atoms with Crippen LogP contribution in [0.4, 0.5) is 0 Å². The van der Waals surface area contributed by atoms with E-state index in [2.05, 4.69) is 65.2 Å². The van der Waals surface area contributed by atoms with Gasteiger partial charge in [-0.2, -0.15) is 0 Å². The summed E-state index contributed by atoms with van der Waals surface area (Å²) in [5.41, 5.74) is 10.9. The second kappa shape index (κ2) is 12.6. The van der Waals surface area contributed by atoms with Crippen molar-refractivity contribution in [2.24, 2.45) is 11.5 Å². The second-order valence-electron chi connectivity index (χ2n) is 6.43. The fourth-order valence-electron chi connectivity index (χ4n) is 2.52. The SMILES string of the molecule is CC(C)N(CCN)C(C)C.CC(C)N(CCN)C(C)C. The molecule has 0 aliphatic rings. The van der Waals surface area contributed by atoms with Crippen molar-refractivity contribution in [1.82, 2.24) is 9.80 Å². The molecule has 0 amide bonds. The number of hydrogen-bond donors (Lipinski definition) is 2. The third-order valence-corrected chi connectivity index (χ3v) is 3.43. The van der Waals surface area contributed by atoms with Gasteiger partial charge in [0.05, 0.1) is 0 Å². The average Bonchev–Trinajstić information content (AvgIpc) is 2.32. The largest absolute Gasteiger partial charge is 0.329 e. The van der Waals surface area contributed by atoms with Crippen LogP contribution in [-0.4, -0.2) is 60.1 Å². The summed E-state index contributed by atoms with van der Waals surface area (Å²) >= 11 is 0. The Morgan fingerprint density at radius 2 is 0.750 bits per heavy atom. The average molecular weight is 289 g/mol. The summed E-state index contributed by atoms with van der Waals surface area (Å²) in [5, 5.41) is 0. The van der Waals surface area contributed by atoms with Crippen molar-refractivity contribution < 1.29 is 0 Å². The molecule has 0 rings (SSSR count). The predicted octanol–water partition coefficient (Wildman–Crippen LogP) is 2.13. The molecule has 0 saturated carbocycles. The quantitative estimate of drug-likeness (QED) is 0.718. The van der Waals surface area contributed by atoms with E-state index in [1.165, 1.54) is 0 Å². The highest BCUT2D eigenvalue weighted by Gasteiger charge is 2.11. The zero-order chi connectivity index (χ0) is 16.3. The normalized spacial score (nSPS) is 12.0. The van der Waals surface area contributed by atoms with E-state index in [4.69, 9.17) is 11.5 Å². The molecule has 0 unspecified atom stereocenters. The van der Waals surface area contributed by atoms with E-state index in [9.17, 15) is 0 Å². The maximum Gasteiger partial charge on any atom is 0.0110 e. The molecule has 0 bridgehead atoms. The van der Waals surface area contributed by atoms with Crippen LogP contribution in [0.15, 0.2) is 0 Å². The molecule has 0 aliphatic carbocycles. The van der Waals surface area contributed by atoms with Crippen molar-refractivity contribution in [3.05, 3.63) is 0 Å². The number of nitrogens with two attached hydrogens (primary N) is 2. The molecule has 0 heterocycles. The lowest BCUT2D eigenvalue weighted by Crippen LogP contribution is -2.40. The van der Waals surface area contributed by atoms with Gasteiger partial charge >= 0.3 is 0 Å². The maximum atomic E-state index is 5.46. The fourth-order valence-corrected chi connectivity index (χ4v) is 2.52. The Balaban J connectivity index is 0. The summed E-state index contributed by atoms with van der Waals surface area (Å²) in [6, 6.07) is 2.46. The molecule has 4 N–H and O–H groups in total. The molecule has 20 heavy (non-hydrogen) atoms. The van der Waals surface area contributed by atoms with Crippen LogP contribution in [0.1, 0.15) is 55.4 Å². The highest BCUT2D eigenvalue weighted by molar-refractivity contribution is 4.67. The summed E-state index contributed by atoms with van der Waals surface area (Å²) in [6.45, 7) is 21.2. The van der Waals surface area contributed by atoms with Crippen LogP contribution in [-0.2, 0) is 0 Å². The van der Waals surface area contributed by atoms with Crippen LogP contribution in [0, 0.1) is 0 Å². The Bertz CT molecular complexity index is 165. The summed E-state index contributed by atoms with van der Waals surface area (Å²) in [5.74, 6) is 0. The van der Waals surface area contributed by atoms with Gasteiger partial charge in [-0.15, -0.1) is 0 Å². The fraction of sp³-hybridized carbons (Fsp3) is 1.00. The highest BCUT2D eigenvalue weighted by atomic mass is 15.2. The molecule has 4 nitrogen and oxygen atoms in total. The second-order valence-corrected chi connectivity index (χ2v) is 6.43. The third-order valence-electron chi connectivity index (χ3n) is 3.43. The van der Waals surface area contributed by atoms with Crippen LogP contribution in [0.5, 0.6) is 0 Å². The highest BCUT2D eigenvalue weighted by Crippen LogP contribution is 2.03. The maximum absolute atomic E-state index is 5.46. The van der Waals surface area contributed by atoms with Gasteiger partial charge in [-0.25, -0.2) is 0 Å². The van der Waals surface area contributed by atoms with Crippen molar-refractivity contribution >= 4 is 0 Å². The molecule has 0 aromatic carbocycles. The Hall–Kier alpha value is -0.160. The van der Waals surface area contributed by atoms with Gasteiger partial charge in [0.25, 0.3) is 0 Å². The molecule has 0 spiro atoms. The molecule has 0 radical (unpaired) electrons. The van der Waals surface area contributed by atoms with Crippen molar-refractivity contribution in [3.8, 4) is 0 Å². The molecule has 0 aromatic rings. The van der Waals surface area contributed by atoms with Gasteiger partial charge < -0.3 is 11.5 Å². The number of rotatable bonds is 8. The molecule has 0 atom stereocenters. The first-order valence-electron chi connectivity index (χ1n) is 8.10. The molecular formula is C16H40N4. The van der Waals surface area contributed by atoms with Crippen molar-refractivity contribution in [2.75, 3.05) is 26.2 Å².